The van der Waals surface area contributed by atoms with Crippen LogP contribution in [0.5, 0.6) is 0 Å². The number of carbonyl (C=O) groups excluding carboxylic acids is 2. The Labute approximate surface area is 157 Å². The molecule has 136 valence electrons. The van der Waals surface area contributed by atoms with Crippen LogP contribution in [0.25, 0.3) is 0 Å². The summed E-state index contributed by atoms with van der Waals surface area (Å²) in [6.45, 7) is 1.54. The second-order valence-corrected chi connectivity index (χ2v) is 6.91. The Balaban J connectivity index is 1.53. The number of rotatable bonds is 5. The molecule has 0 aliphatic heterocycles. The molecule has 1 amide bonds. The second-order valence-electron chi connectivity index (χ2n) is 6.47. The molecular weight excluding hydrogens is 352 g/mol. The zero-order valence-electron chi connectivity index (χ0n) is 14.6. The number of aryl methyl sites for hydroxylation is 2. The van der Waals surface area contributed by atoms with Gasteiger partial charge in [-0.05, 0) is 61.4 Å². The van der Waals surface area contributed by atoms with Crippen molar-refractivity contribution < 1.29 is 14.3 Å². The van der Waals surface area contributed by atoms with E-state index in [4.69, 9.17) is 16.3 Å². The van der Waals surface area contributed by atoms with Gasteiger partial charge in [-0.15, -0.1) is 0 Å². The Hall–Kier alpha value is -2.40. The fourth-order valence-corrected chi connectivity index (χ4v) is 3.15. The minimum Gasteiger partial charge on any atom is -0.452 e. The molecule has 0 radical (unpaired) electrons. The molecule has 0 unspecified atom stereocenters. The molecule has 1 atom stereocenters. The smallest absolute Gasteiger partial charge is 0.311 e. The summed E-state index contributed by atoms with van der Waals surface area (Å²) in [6.07, 6.45) is 5.27. The SMILES string of the molecule is C[C@H](OC(=O)Cc1ccc2c(c1)CCCC2)C(=O)Nc1ccc(Cl)cn1. The zero-order chi connectivity index (χ0) is 18.5. The van der Waals surface area contributed by atoms with Gasteiger partial charge in [-0.2, -0.15) is 0 Å². The van der Waals surface area contributed by atoms with Crippen molar-refractivity contribution in [2.24, 2.45) is 0 Å². The number of amides is 1. The molecular formula is C20H21ClN2O3. The van der Waals surface area contributed by atoms with E-state index in [2.05, 4.69) is 22.4 Å². The molecule has 26 heavy (non-hydrogen) atoms. The largest absolute Gasteiger partial charge is 0.452 e. The van der Waals surface area contributed by atoms with Crippen molar-refractivity contribution in [2.75, 3.05) is 5.32 Å². The van der Waals surface area contributed by atoms with Crippen LogP contribution in [0.2, 0.25) is 5.02 Å². The number of halogens is 1. The quantitative estimate of drug-likeness (QED) is 0.812. The summed E-state index contributed by atoms with van der Waals surface area (Å²) in [6, 6.07) is 9.35. The molecule has 1 heterocycles. The molecule has 1 aromatic heterocycles. The van der Waals surface area contributed by atoms with E-state index in [1.807, 2.05) is 6.07 Å². The number of hydrogen-bond donors (Lipinski definition) is 1. The number of hydrogen-bond acceptors (Lipinski definition) is 4. The first-order valence-electron chi connectivity index (χ1n) is 8.74. The molecule has 1 aromatic carbocycles. The molecule has 0 fully saturated rings. The second kappa shape index (κ2) is 8.32. The van der Waals surface area contributed by atoms with Crippen LogP contribution in [0.4, 0.5) is 5.82 Å². The first kappa shape index (κ1) is 18.4. The molecule has 1 aliphatic rings. The lowest BCUT2D eigenvalue weighted by molar-refractivity contribution is -0.152. The Morgan fingerprint density at radius 2 is 1.96 bits per heavy atom. The van der Waals surface area contributed by atoms with Crippen molar-refractivity contribution in [3.8, 4) is 0 Å². The highest BCUT2D eigenvalue weighted by Crippen LogP contribution is 2.22. The van der Waals surface area contributed by atoms with E-state index >= 15 is 0 Å². The lowest BCUT2D eigenvalue weighted by Gasteiger charge is -2.17. The summed E-state index contributed by atoms with van der Waals surface area (Å²) in [7, 11) is 0. The van der Waals surface area contributed by atoms with Crippen LogP contribution in [0, 0.1) is 0 Å². The average Bonchev–Trinajstić information content (AvgIpc) is 2.63. The topological polar surface area (TPSA) is 68.3 Å². The standard InChI is InChI=1S/C20H21ClN2O3/c1-13(20(25)23-18-9-8-17(21)12-22-18)26-19(24)11-14-6-7-15-4-2-3-5-16(15)10-14/h6-10,12-13H,2-5,11H2,1H3,(H,22,23,25)/t13-/m0/s1. The molecule has 3 rings (SSSR count). The monoisotopic (exact) mass is 372 g/mol. The average molecular weight is 373 g/mol. The van der Waals surface area contributed by atoms with E-state index in [-0.39, 0.29) is 6.42 Å². The van der Waals surface area contributed by atoms with Crippen molar-refractivity contribution in [3.05, 3.63) is 58.2 Å². The highest BCUT2D eigenvalue weighted by molar-refractivity contribution is 6.30. The number of anilines is 1. The summed E-state index contributed by atoms with van der Waals surface area (Å²) >= 11 is 5.76. The molecule has 0 saturated carbocycles. The molecule has 0 spiro atoms. The molecule has 1 aliphatic carbocycles. The summed E-state index contributed by atoms with van der Waals surface area (Å²) in [5, 5.41) is 3.07. The number of carbonyl (C=O) groups is 2. The van der Waals surface area contributed by atoms with E-state index < -0.39 is 18.0 Å². The van der Waals surface area contributed by atoms with Crippen LogP contribution in [0.3, 0.4) is 0 Å². The summed E-state index contributed by atoms with van der Waals surface area (Å²) in [5.74, 6) is -0.497. The fourth-order valence-electron chi connectivity index (χ4n) is 3.03. The van der Waals surface area contributed by atoms with Crippen molar-refractivity contribution in [1.29, 1.82) is 0 Å². The summed E-state index contributed by atoms with van der Waals surface area (Å²) in [4.78, 5) is 28.3. The number of esters is 1. The minimum atomic E-state index is -0.905. The van der Waals surface area contributed by atoms with Crippen LogP contribution in [0.1, 0.15) is 36.5 Å². The highest BCUT2D eigenvalue weighted by atomic mass is 35.5. The maximum Gasteiger partial charge on any atom is 0.311 e. The van der Waals surface area contributed by atoms with E-state index in [0.29, 0.717) is 10.8 Å². The maximum absolute atomic E-state index is 12.2. The summed E-state index contributed by atoms with van der Waals surface area (Å²) < 4.78 is 5.25. The van der Waals surface area contributed by atoms with Gasteiger partial charge in [-0.25, -0.2) is 4.98 Å². The molecule has 5 nitrogen and oxygen atoms in total. The number of aromatic nitrogens is 1. The summed E-state index contributed by atoms with van der Waals surface area (Å²) in [5.41, 5.74) is 3.61. The van der Waals surface area contributed by atoms with E-state index in [1.54, 1.807) is 12.1 Å². The van der Waals surface area contributed by atoms with Gasteiger partial charge in [0.2, 0.25) is 0 Å². The number of ether oxygens (including phenoxy) is 1. The first-order valence-corrected chi connectivity index (χ1v) is 9.11. The normalized spacial score (nSPS) is 14.2. The number of pyridine rings is 1. The van der Waals surface area contributed by atoms with Crippen LogP contribution in [-0.2, 0) is 33.6 Å². The fraction of sp³-hybridized carbons (Fsp3) is 0.350. The number of fused-ring (bicyclic) bond motifs is 1. The van der Waals surface area contributed by atoms with Gasteiger partial charge in [-0.3, -0.25) is 9.59 Å². The Kier molecular flexibility index (Phi) is 5.89. The molecule has 6 heteroatoms. The lowest BCUT2D eigenvalue weighted by atomic mass is 9.90. The van der Waals surface area contributed by atoms with Crippen LogP contribution in [-0.4, -0.2) is 23.0 Å². The molecule has 2 aromatic rings. The zero-order valence-corrected chi connectivity index (χ0v) is 15.4. The van der Waals surface area contributed by atoms with Crippen molar-refractivity contribution in [2.45, 2.75) is 45.1 Å². The molecule has 0 saturated heterocycles. The van der Waals surface area contributed by atoms with Gasteiger partial charge in [0.05, 0.1) is 11.4 Å². The maximum atomic E-state index is 12.2. The number of nitrogens with one attached hydrogen (secondary N) is 1. The lowest BCUT2D eigenvalue weighted by Crippen LogP contribution is -2.30. The predicted molar refractivity (Wildman–Crippen MR) is 100 cm³/mol. The number of nitrogens with zero attached hydrogens (tertiary/aromatic N) is 1. The van der Waals surface area contributed by atoms with Gasteiger partial charge >= 0.3 is 5.97 Å². The van der Waals surface area contributed by atoms with Crippen LogP contribution < -0.4 is 5.32 Å². The number of benzene rings is 1. The van der Waals surface area contributed by atoms with Gasteiger partial charge in [0, 0.05) is 6.20 Å². The van der Waals surface area contributed by atoms with Crippen LogP contribution >= 0.6 is 11.6 Å². The van der Waals surface area contributed by atoms with Gasteiger partial charge < -0.3 is 10.1 Å². The van der Waals surface area contributed by atoms with Gasteiger partial charge in [-0.1, -0.05) is 29.8 Å². The molecule has 1 N–H and O–H groups in total. The third kappa shape index (κ3) is 4.82. The van der Waals surface area contributed by atoms with E-state index in [0.717, 1.165) is 18.4 Å². The highest BCUT2D eigenvalue weighted by Gasteiger charge is 2.19. The van der Waals surface area contributed by atoms with Crippen molar-refractivity contribution in [1.82, 2.24) is 4.98 Å². The molecule has 0 bridgehead atoms. The third-order valence-electron chi connectivity index (χ3n) is 4.42. The van der Waals surface area contributed by atoms with Gasteiger partial charge in [0.15, 0.2) is 6.10 Å². The van der Waals surface area contributed by atoms with E-state index in [9.17, 15) is 9.59 Å². The minimum absolute atomic E-state index is 0.157. The van der Waals surface area contributed by atoms with Crippen molar-refractivity contribution >= 4 is 29.3 Å². The Morgan fingerprint density at radius 3 is 2.69 bits per heavy atom. The Bertz CT molecular complexity index is 805. The first-order chi connectivity index (χ1) is 12.5. The third-order valence-corrected chi connectivity index (χ3v) is 4.64. The van der Waals surface area contributed by atoms with Crippen LogP contribution in [0.15, 0.2) is 36.5 Å². The van der Waals surface area contributed by atoms with E-state index in [1.165, 1.54) is 37.1 Å². The van der Waals surface area contributed by atoms with Crippen molar-refractivity contribution in [3.63, 3.8) is 0 Å². The predicted octanol–water partition coefficient (Wildman–Crippen LogP) is 3.73. The van der Waals surface area contributed by atoms with Gasteiger partial charge in [0.25, 0.3) is 5.91 Å². The van der Waals surface area contributed by atoms with Gasteiger partial charge in [0.1, 0.15) is 5.82 Å². The Morgan fingerprint density at radius 1 is 1.19 bits per heavy atom.